The van der Waals surface area contributed by atoms with E-state index in [-0.39, 0.29) is 28.4 Å². The molecule has 1 fully saturated rings. The molecule has 1 amide bonds. The average molecular weight is 413 g/mol. The predicted octanol–water partition coefficient (Wildman–Crippen LogP) is 2.99. The van der Waals surface area contributed by atoms with Crippen molar-refractivity contribution >= 4 is 44.0 Å². The smallest absolute Gasteiger partial charge is 0.236 e. The molecule has 9 heteroatoms. The number of nitrogens with one attached hydrogen (secondary N) is 1. The van der Waals surface area contributed by atoms with E-state index in [0.717, 1.165) is 21.9 Å². The lowest BCUT2D eigenvalue weighted by Crippen LogP contribution is -2.17. The summed E-state index contributed by atoms with van der Waals surface area (Å²) in [4.78, 5) is 17.7. The van der Waals surface area contributed by atoms with Crippen molar-refractivity contribution in [1.29, 1.82) is 0 Å². The van der Waals surface area contributed by atoms with Crippen molar-refractivity contribution in [3.63, 3.8) is 0 Å². The Bertz CT molecular complexity index is 891. The van der Waals surface area contributed by atoms with Gasteiger partial charge in [0, 0.05) is 15.7 Å². The number of carbonyl (C=O) groups is 1. The van der Waals surface area contributed by atoms with Crippen LogP contribution in [0.15, 0.2) is 24.3 Å². The molecule has 1 aromatic carbocycles. The van der Waals surface area contributed by atoms with Crippen molar-refractivity contribution in [2.24, 2.45) is 0 Å². The van der Waals surface area contributed by atoms with Crippen LogP contribution in [-0.4, -0.2) is 48.9 Å². The Kier molecular flexibility index (Phi) is 5.89. The lowest BCUT2D eigenvalue weighted by Gasteiger charge is -2.06. The first-order chi connectivity index (χ1) is 12.4. The lowest BCUT2D eigenvalue weighted by atomic mass is 10.1. The van der Waals surface area contributed by atoms with Crippen molar-refractivity contribution in [3.8, 4) is 17.0 Å². The van der Waals surface area contributed by atoms with Gasteiger partial charge in [-0.3, -0.25) is 4.79 Å². The second-order valence-electron chi connectivity index (χ2n) is 6.04. The number of thioether (sulfide) groups is 1. The Morgan fingerprint density at radius 2 is 2.12 bits per heavy atom. The van der Waals surface area contributed by atoms with E-state index in [1.165, 1.54) is 23.1 Å². The summed E-state index contributed by atoms with van der Waals surface area (Å²) in [6, 6.07) is 7.61. The van der Waals surface area contributed by atoms with Crippen LogP contribution < -0.4 is 10.1 Å². The predicted molar refractivity (Wildman–Crippen MR) is 107 cm³/mol. The Labute approximate surface area is 161 Å². The number of aryl methyl sites for hydroxylation is 1. The highest BCUT2D eigenvalue weighted by molar-refractivity contribution is 8.02. The van der Waals surface area contributed by atoms with Crippen molar-refractivity contribution in [2.75, 3.05) is 29.7 Å². The highest BCUT2D eigenvalue weighted by Gasteiger charge is 2.28. The quantitative estimate of drug-likeness (QED) is 0.785. The number of thiazole rings is 1. The van der Waals surface area contributed by atoms with E-state index in [4.69, 9.17) is 4.74 Å². The minimum atomic E-state index is -2.91. The second-order valence-corrected chi connectivity index (χ2v) is 10.8. The number of aromatic nitrogens is 1. The van der Waals surface area contributed by atoms with Gasteiger partial charge in [-0.05, 0) is 37.6 Å². The number of ether oxygens (including phenoxy) is 1. The molecule has 6 nitrogen and oxygen atoms in total. The molecule has 0 saturated carbocycles. The number of carbonyl (C=O) groups excluding carboxylic acids is 1. The maximum absolute atomic E-state index is 12.1. The van der Waals surface area contributed by atoms with Crippen molar-refractivity contribution < 1.29 is 17.9 Å². The summed E-state index contributed by atoms with van der Waals surface area (Å²) >= 11 is 2.82. The topological polar surface area (TPSA) is 85.4 Å². The molecule has 0 unspecified atom stereocenters. The standard InChI is InChI=1S/C17H20N2O4S3/c1-11-16(12-3-5-13(23-2)6-4-12)19-17(25-11)18-15(20)9-24-14-7-8-26(21,22)10-14/h3-6,14H,7-10H2,1-2H3,(H,18,19,20)/t14-/m0/s1. The summed E-state index contributed by atoms with van der Waals surface area (Å²) in [5.74, 6) is 1.25. The number of sulfone groups is 1. The summed E-state index contributed by atoms with van der Waals surface area (Å²) in [6.45, 7) is 1.96. The lowest BCUT2D eigenvalue weighted by molar-refractivity contribution is -0.113. The van der Waals surface area contributed by atoms with Crippen molar-refractivity contribution in [1.82, 2.24) is 4.98 Å². The molecule has 3 rings (SSSR count). The average Bonchev–Trinajstić information content (AvgIpc) is 3.14. The molecule has 1 saturated heterocycles. The second kappa shape index (κ2) is 7.98. The first-order valence-electron chi connectivity index (χ1n) is 8.10. The Morgan fingerprint density at radius 3 is 2.73 bits per heavy atom. The number of nitrogens with zero attached hydrogens (tertiary/aromatic N) is 1. The summed E-state index contributed by atoms with van der Waals surface area (Å²) in [7, 11) is -1.29. The van der Waals surface area contributed by atoms with Crippen LogP contribution in [0, 0.1) is 6.92 Å². The van der Waals surface area contributed by atoms with Crippen molar-refractivity contribution in [2.45, 2.75) is 18.6 Å². The molecule has 0 radical (unpaired) electrons. The fourth-order valence-electron chi connectivity index (χ4n) is 2.71. The third-order valence-electron chi connectivity index (χ3n) is 4.05. The van der Waals surface area contributed by atoms with Crippen LogP contribution in [0.2, 0.25) is 0 Å². The third-order valence-corrected chi connectivity index (χ3v) is 8.21. The van der Waals surface area contributed by atoms with E-state index in [2.05, 4.69) is 10.3 Å². The van der Waals surface area contributed by atoms with E-state index in [9.17, 15) is 13.2 Å². The number of amides is 1. The van der Waals surface area contributed by atoms with Crippen LogP contribution in [0.3, 0.4) is 0 Å². The first-order valence-corrected chi connectivity index (χ1v) is 11.8. The summed E-state index contributed by atoms with van der Waals surface area (Å²) in [5.41, 5.74) is 1.80. The van der Waals surface area contributed by atoms with E-state index in [0.29, 0.717) is 11.6 Å². The van der Waals surface area contributed by atoms with E-state index in [1.807, 2.05) is 31.2 Å². The highest BCUT2D eigenvalue weighted by Crippen LogP contribution is 2.31. The van der Waals surface area contributed by atoms with E-state index < -0.39 is 9.84 Å². The zero-order valence-corrected chi connectivity index (χ0v) is 17.0. The van der Waals surface area contributed by atoms with Gasteiger partial charge in [0.25, 0.3) is 0 Å². The number of benzene rings is 1. The molecule has 140 valence electrons. The number of rotatable bonds is 6. The largest absolute Gasteiger partial charge is 0.497 e. The Hall–Kier alpha value is -1.58. The van der Waals surface area contributed by atoms with Crippen LogP contribution in [-0.2, 0) is 14.6 Å². The molecule has 0 spiro atoms. The Balaban J connectivity index is 1.59. The maximum Gasteiger partial charge on any atom is 0.236 e. The number of methoxy groups -OCH3 is 1. The van der Waals surface area contributed by atoms with E-state index in [1.54, 1.807) is 7.11 Å². The zero-order valence-electron chi connectivity index (χ0n) is 14.5. The van der Waals surface area contributed by atoms with Crippen LogP contribution in [0.25, 0.3) is 11.3 Å². The Morgan fingerprint density at radius 1 is 1.38 bits per heavy atom. The van der Waals surface area contributed by atoms with Gasteiger partial charge in [0.2, 0.25) is 5.91 Å². The maximum atomic E-state index is 12.1. The summed E-state index contributed by atoms with van der Waals surface area (Å²) in [5, 5.41) is 3.38. The number of anilines is 1. The van der Waals surface area contributed by atoms with Gasteiger partial charge in [0.15, 0.2) is 15.0 Å². The minimum absolute atomic E-state index is 0.0126. The first kappa shape index (κ1) is 19.2. The monoisotopic (exact) mass is 412 g/mol. The molecule has 1 aromatic heterocycles. The molecule has 26 heavy (non-hydrogen) atoms. The van der Waals surface area contributed by atoms with Gasteiger partial charge in [0.1, 0.15) is 5.75 Å². The molecule has 1 aliphatic rings. The van der Waals surface area contributed by atoms with Gasteiger partial charge in [-0.1, -0.05) is 0 Å². The zero-order chi connectivity index (χ0) is 18.7. The molecule has 2 heterocycles. The number of hydrogen-bond donors (Lipinski definition) is 1. The fraction of sp³-hybridized carbons (Fsp3) is 0.412. The summed E-state index contributed by atoms with van der Waals surface area (Å²) in [6.07, 6.45) is 0.623. The van der Waals surface area contributed by atoms with Crippen LogP contribution >= 0.6 is 23.1 Å². The molecule has 1 aliphatic heterocycles. The molecule has 2 aromatic rings. The van der Waals surface area contributed by atoms with Crippen LogP contribution in [0.5, 0.6) is 5.75 Å². The highest BCUT2D eigenvalue weighted by atomic mass is 32.2. The normalized spacial score (nSPS) is 18.6. The molecule has 0 bridgehead atoms. The molecule has 1 atom stereocenters. The van der Waals surface area contributed by atoms with Gasteiger partial charge in [0.05, 0.1) is 30.1 Å². The molecule has 0 aliphatic carbocycles. The van der Waals surface area contributed by atoms with Crippen molar-refractivity contribution in [3.05, 3.63) is 29.1 Å². The summed E-state index contributed by atoms with van der Waals surface area (Å²) < 4.78 is 28.1. The fourth-order valence-corrected chi connectivity index (χ4v) is 7.00. The van der Waals surface area contributed by atoms with Crippen LogP contribution in [0.4, 0.5) is 5.13 Å². The third kappa shape index (κ3) is 4.77. The van der Waals surface area contributed by atoms with Gasteiger partial charge in [-0.15, -0.1) is 23.1 Å². The number of hydrogen-bond acceptors (Lipinski definition) is 7. The van der Waals surface area contributed by atoms with Gasteiger partial charge in [-0.2, -0.15) is 0 Å². The van der Waals surface area contributed by atoms with Gasteiger partial charge < -0.3 is 10.1 Å². The minimum Gasteiger partial charge on any atom is -0.497 e. The molecular formula is C17H20N2O4S3. The van der Waals surface area contributed by atoms with E-state index >= 15 is 0 Å². The molecular weight excluding hydrogens is 392 g/mol. The van der Waals surface area contributed by atoms with Crippen LogP contribution in [0.1, 0.15) is 11.3 Å². The molecule has 1 N–H and O–H groups in total. The van der Waals surface area contributed by atoms with Gasteiger partial charge in [-0.25, -0.2) is 13.4 Å². The van der Waals surface area contributed by atoms with Gasteiger partial charge >= 0.3 is 0 Å². The SMILES string of the molecule is COc1ccc(-c2nc(NC(=O)CS[C@H]3CCS(=O)(=O)C3)sc2C)cc1.